The van der Waals surface area contributed by atoms with Gasteiger partial charge in [0.2, 0.25) is 5.88 Å². The summed E-state index contributed by atoms with van der Waals surface area (Å²) >= 11 is 0. The highest BCUT2D eigenvalue weighted by molar-refractivity contribution is 5.59. The predicted molar refractivity (Wildman–Crippen MR) is 87.1 cm³/mol. The highest BCUT2D eigenvalue weighted by Crippen LogP contribution is 2.28. The van der Waals surface area contributed by atoms with E-state index in [0.717, 1.165) is 50.4 Å². The lowest BCUT2D eigenvalue weighted by Crippen LogP contribution is -2.44. The van der Waals surface area contributed by atoms with E-state index in [1.807, 2.05) is 13.1 Å². The summed E-state index contributed by atoms with van der Waals surface area (Å²) in [5.41, 5.74) is 7.60. The van der Waals surface area contributed by atoms with Crippen molar-refractivity contribution >= 4 is 11.5 Å². The number of nitrogens with one attached hydrogen (secondary N) is 2. The van der Waals surface area contributed by atoms with Gasteiger partial charge in [0.05, 0.1) is 12.8 Å². The molecule has 1 saturated heterocycles. The first-order valence-corrected chi connectivity index (χ1v) is 7.59. The Hall–Kier alpha value is -1.53. The van der Waals surface area contributed by atoms with Crippen molar-refractivity contribution in [2.45, 2.75) is 25.8 Å². The number of piperidine rings is 1. The highest BCUT2D eigenvalue weighted by atomic mass is 16.5. The molecule has 0 aliphatic carbocycles. The van der Waals surface area contributed by atoms with E-state index in [4.69, 9.17) is 10.5 Å². The van der Waals surface area contributed by atoms with Crippen molar-refractivity contribution in [3.05, 3.63) is 11.6 Å². The molecule has 0 bridgehead atoms. The van der Waals surface area contributed by atoms with Crippen LogP contribution < -0.4 is 26.0 Å². The molecule has 1 aromatic heterocycles. The molecule has 4 N–H and O–H groups in total. The Balaban J connectivity index is 1.96. The van der Waals surface area contributed by atoms with Gasteiger partial charge in [-0.25, -0.2) is 0 Å². The van der Waals surface area contributed by atoms with Crippen LogP contribution in [0.15, 0.2) is 6.07 Å². The maximum atomic E-state index is 5.90. The van der Waals surface area contributed by atoms with E-state index in [2.05, 4.69) is 27.4 Å². The smallest absolute Gasteiger partial charge is 0.238 e. The van der Waals surface area contributed by atoms with Crippen LogP contribution >= 0.6 is 0 Å². The summed E-state index contributed by atoms with van der Waals surface area (Å²) in [7, 11) is 3.59. The zero-order valence-electron chi connectivity index (χ0n) is 13.3. The minimum Gasteiger partial charge on any atom is -0.479 e. The van der Waals surface area contributed by atoms with Crippen LogP contribution in [0.4, 0.5) is 11.5 Å². The number of hydrogen-bond donors (Lipinski definition) is 3. The molecule has 6 nitrogen and oxygen atoms in total. The molecule has 0 spiro atoms. The fourth-order valence-electron chi connectivity index (χ4n) is 2.79. The van der Waals surface area contributed by atoms with Crippen molar-refractivity contribution in [2.75, 3.05) is 51.0 Å². The van der Waals surface area contributed by atoms with Gasteiger partial charge in [-0.1, -0.05) is 0 Å². The van der Waals surface area contributed by atoms with E-state index >= 15 is 0 Å². The SMILES string of the molecule is CNCCNC1CCN(c2nc(OC)c(N)cc2C)CC1. The summed E-state index contributed by atoms with van der Waals surface area (Å²) in [5, 5.41) is 6.75. The highest BCUT2D eigenvalue weighted by Gasteiger charge is 2.21. The van der Waals surface area contributed by atoms with Crippen LogP contribution in [0.5, 0.6) is 5.88 Å². The summed E-state index contributed by atoms with van der Waals surface area (Å²) < 4.78 is 5.24. The first-order valence-electron chi connectivity index (χ1n) is 7.59. The van der Waals surface area contributed by atoms with Crippen LogP contribution in [-0.2, 0) is 0 Å². The molecule has 1 aromatic rings. The number of anilines is 2. The number of likely N-dealkylation sites (N-methyl/N-ethyl adjacent to an activating group) is 1. The minimum absolute atomic E-state index is 0.518. The summed E-state index contributed by atoms with van der Waals surface area (Å²) in [5.74, 6) is 1.51. The van der Waals surface area contributed by atoms with E-state index in [-0.39, 0.29) is 0 Å². The van der Waals surface area contributed by atoms with Gasteiger partial charge in [0.25, 0.3) is 0 Å². The quantitative estimate of drug-likeness (QED) is 0.672. The Bertz CT molecular complexity index is 458. The normalized spacial score (nSPS) is 16.2. The Labute approximate surface area is 127 Å². The number of nitrogens with zero attached hydrogens (tertiary/aromatic N) is 2. The number of nitrogens with two attached hydrogens (primary N) is 1. The molecule has 0 unspecified atom stereocenters. The second kappa shape index (κ2) is 7.47. The number of hydrogen-bond acceptors (Lipinski definition) is 6. The maximum absolute atomic E-state index is 5.90. The van der Waals surface area contributed by atoms with Crippen LogP contribution in [0.1, 0.15) is 18.4 Å². The molecule has 118 valence electrons. The Morgan fingerprint density at radius 1 is 1.38 bits per heavy atom. The van der Waals surface area contributed by atoms with Crippen molar-refractivity contribution in [3.8, 4) is 5.88 Å². The fourth-order valence-corrected chi connectivity index (χ4v) is 2.79. The molecule has 0 amide bonds. The second-order valence-corrected chi connectivity index (χ2v) is 5.55. The molecule has 0 saturated carbocycles. The lowest BCUT2D eigenvalue weighted by molar-refractivity contribution is 0.395. The van der Waals surface area contributed by atoms with Crippen LogP contribution in [0.2, 0.25) is 0 Å². The number of aromatic nitrogens is 1. The third kappa shape index (κ3) is 3.98. The second-order valence-electron chi connectivity index (χ2n) is 5.55. The van der Waals surface area contributed by atoms with Crippen molar-refractivity contribution in [1.82, 2.24) is 15.6 Å². The Kier molecular flexibility index (Phi) is 5.64. The van der Waals surface area contributed by atoms with Crippen LogP contribution in [-0.4, -0.2) is 51.4 Å². The van der Waals surface area contributed by atoms with Gasteiger partial charge in [-0.2, -0.15) is 4.98 Å². The molecule has 21 heavy (non-hydrogen) atoms. The summed E-state index contributed by atoms with van der Waals surface area (Å²) in [6.45, 7) is 6.11. The van der Waals surface area contributed by atoms with Crippen molar-refractivity contribution in [2.24, 2.45) is 0 Å². The number of methoxy groups -OCH3 is 1. The summed E-state index contributed by atoms with van der Waals surface area (Å²) in [6.07, 6.45) is 2.27. The van der Waals surface area contributed by atoms with E-state index in [9.17, 15) is 0 Å². The lowest BCUT2D eigenvalue weighted by Gasteiger charge is -2.34. The van der Waals surface area contributed by atoms with Crippen molar-refractivity contribution in [1.29, 1.82) is 0 Å². The van der Waals surface area contributed by atoms with Crippen molar-refractivity contribution < 1.29 is 4.74 Å². The monoisotopic (exact) mass is 293 g/mol. The molecular formula is C15H27N5O. The lowest BCUT2D eigenvalue weighted by atomic mass is 10.0. The van der Waals surface area contributed by atoms with Crippen LogP contribution in [0.3, 0.4) is 0 Å². The molecular weight excluding hydrogens is 266 g/mol. The molecule has 1 aliphatic heterocycles. The minimum atomic E-state index is 0.518. The van der Waals surface area contributed by atoms with Gasteiger partial charge in [-0.05, 0) is 38.4 Å². The topological polar surface area (TPSA) is 75.4 Å². The van der Waals surface area contributed by atoms with Gasteiger partial charge in [0.15, 0.2) is 0 Å². The molecule has 0 atom stereocenters. The first-order chi connectivity index (χ1) is 10.2. The average molecular weight is 293 g/mol. The molecule has 1 fully saturated rings. The Morgan fingerprint density at radius 2 is 2.10 bits per heavy atom. The Morgan fingerprint density at radius 3 is 2.71 bits per heavy atom. The summed E-state index contributed by atoms with van der Waals surface area (Å²) in [6, 6.07) is 2.55. The summed E-state index contributed by atoms with van der Waals surface area (Å²) in [4.78, 5) is 6.89. The third-order valence-corrected chi connectivity index (χ3v) is 3.97. The largest absolute Gasteiger partial charge is 0.479 e. The first kappa shape index (κ1) is 15.9. The van der Waals surface area contributed by atoms with Crippen LogP contribution in [0, 0.1) is 6.92 Å². The van der Waals surface area contributed by atoms with E-state index in [0.29, 0.717) is 17.6 Å². The molecule has 2 rings (SSSR count). The molecule has 6 heteroatoms. The molecule has 2 heterocycles. The van der Waals surface area contributed by atoms with Gasteiger partial charge in [0.1, 0.15) is 5.82 Å². The van der Waals surface area contributed by atoms with E-state index in [1.165, 1.54) is 0 Å². The van der Waals surface area contributed by atoms with E-state index < -0.39 is 0 Å². The van der Waals surface area contributed by atoms with E-state index in [1.54, 1.807) is 7.11 Å². The van der Waals surface area contributed by atoms with Crippen molar-refractivity contribution in [3.63, 3.8) is 0 Å². The number of pyridine rings is 1. The zero-order chi connectivity index (χ0) is 15.2. The zero-order valence-corrected chi connectivity index (χ0v) is 13.3. The standard InChI is InChI=1S/C15H27N5O/c1-11-10-13(16)15(21-3)19-14(11)20-8-4-12(5-9-20)18-7-6-17-2/h10,12,17-18H,4-9,16H2,1-3H3. The number of nitrogen functional groups attached to an aromatic ring is 1. The predicted octanol–water partition coefficient (Wildman–Crippen LogP) is 0.759. The average Bonchev–Trinajstić information content (AvgIpc) is 2.49. The van der Waals surface area contributed by atoms with Gasteiger partial charge in [-0.15, -0.1) is 0 Å². The molecule has 0 radical (unpaired) electrons. The number of ether oxygens (including phenoxy) is 1. The van der Waals surface area contributed by atoms with Crippen LogP contribution in [0.25, 0.3) is 0 Å². The number of aryl methyl sites for hydroxylation is 1. The fraction of sp³-hybridized carbons (Fsp3) is 0.667. The maximum Gasteiger partial charge on any atom is 0.238 e. The number of rotatable bonds is 6. The molecule has 1 aliphatic rings. The van der Waals surface area contributed by atoms with Gasteiger partial charge in [-0.3, -0.25) is 0 Å². The van der Waals surface area contributed by atoms with Gasteiger partial charge >= 0.3 is 0 Å². The van der Waals surface area contributed by atoms with Gasteiger partial charge < -0.3 is 26.0 Å². The third-order valence-electron chi connectivity index (χ3n) is 3.97. The van der Waals surface area contributed by atoms with Gasteiger partial charge in [0, 0.05) is 32.2 Å². The molecule has 0 aromatic carbocycles.